The van der Waals surface area contributed by atoms with Crippen molar-refractivity contribution in [1.82, 2.24) is 10.2 Å². The first-order valence-corrected chi connectivity index (χ1v) is 5.31. The molecule has 1 aromatic carbocycles. The number of rotatable bonds is 3. The van der Waals surface area contributed by atoms with Crippen molar-refractivity contribution >= 4 is 0 Å². The number of halogens is 1. The standard InChI is InChI=1S/C12H14FN3/c1-15-11-7-16(8-11)12(6-14)9-2-4-10(13)5-3-9/h2-5,11-12,15H,7-8H2,1H3. The zero-order valence-corrected chi connectivity index (χ0v) is 9.15. The molecule has 1 fully saturated rings. The van der Waals surface area contributed by atoms with Gasteiger partial charge in [0.2, 0.25) is 0 Å². The van der Waals surface area contributed by atoms with Crippen LogP contribution in [0.5, 0.6) is 0 Å². The Balaban J connectivity index is 2.07. The lowest BCUT2D eigenvalue weighted by atomic mass is 10.0. The van der Waals surface area contributed by atoms with Crippen molar-refractivity contribution in [2.75, 3.05) is 20.1 Å². The Kier molecular flexibility index (Phi) is 3.18. The van der Waals surface area contributed by atoms with Crippen LogP contribution in [0.3, 0.4) is 0 Å². The summed E-state index contributed by atoms with van der Waals surface area (Å²) < 4.78 is 12.8. The van der Waals surface area contributed by atoms with Crippen LogP contribution >= 0.6 is 0 Å². The van der Waals surface area contributed by atoms with Crippen LogP contribution in [-0.4, -0.2) is 31.1 Å². The van der Waals surface area contributed by atoms with Gasteiger partial charge in [-0.25, -0.2) is 4.39 Å². The summed E-state index contributed by atoms with van der Waals surface area (Å²) in [7, 11) is 1.92. The first kappa shape index (κ1) is 11.1. The number of nitrogens with one attached hydrogen (secondary N) is 1. The average molecular weight is 219 g/mol. The Bertz CT molecular complexity index is 390. The fourth-order valence-corrected chi connectivity index (χ4v) is 1.92. The highest BCUT2D eigenvalue weighted by molar-refractivity contribution is 5.25. The predicted molar refractivity (Wildman–Crippen MR) is 59.2 cm³/mol. The minimum Gasteiger partial charge on any atom is -0.315 e. The van der Waals surface area contributed by atoms with Crippen LogP contribution < -0.4 is 5.32 Å². The molecule has 0 radical (unpaired) electrons. The fraction of sp³-hybridized carbons (Fsp3) is 0.417. The molecule has 1 aromatic rings. The van der Waals surface area contributed by atoms with Crippen LogP contribution in [0.15, 0.2) is 24.3 Å². The summed E-state index contributed by atoms with van der Waals surface area (Å²) >= 11 is 0. The van der Waals surface area contributed by atoms with Crippen molar-refractivity contribution in [3.8, 4) is 6.07 Å². The van der Waals surface area contributed by atoms with Crippen molar-refractivity contribution < 1.29 is 4.39 Å². The Morgan fingerprint density at radius 1 is 1.44 bits per heavy atom. The van der Waals surface area contributed by atoms with Gasteiger partial charge in [0.05, 0.1) is 6.07 Å². The van der Waals surface area contributed by atoms with Gasteiger partial charge in [-0.3, -0.25) is 4.90 Å². The molecule has 1 unspecified atom stereocenters. The van der Waals surface area contributed by atoms with E-state index < -0.39 is 0 Å². The number of benzene rings is 1. The van der Waals surface area contributed by atoms with Crippen molar-refractivity contribution in [3.63, 3.8) is 0 Å². The van der Waals surface area contributed by atoms with E-state index in [0.29, 0.717) is 6.04 Å². The molecule has 1 saturated heterocycles. The van der Waals surface area contributed by atoms with Crippen LogP contribution in [0.2, 0.25) is 0 Å². The highest BCUT2D eigenvalue weighted by atomic mass is 19.1. The number of likely N-dealkylation sites (N-methyl/N-ethyl adjacent to an activating group) is 1. The lowest BCUT2D eigenvalue weighted by molar-refractivity contribution is 0.104. The minimum absolute atomic E-state index is 0.259. The Morgan fingerprint density at radius 2 is 2.06 bits per heavy atom. The zero-order valence-electron chi connectivity index (χ0n) is 9.15. The molecule has 0 spiro atoms. The van der Waals surface area contributed by atoms with Crippen LogP contribution in [0, 0.1) is 17.1 Å². The summed E-state index contributed by atoms with van der Waals surface area (Å²) in [6.45, 7) is 1.73. The largest absolute Gasteiger partial charge is 0.315 e. The van der Waals surface area contributed by atoms with E-state index in [0.717, 1.165) is 18.7 Å². The van der Waals surface area contributed by atoms with Gasteiger partial charge in [-0.2, -0.15) is 5.26 Å². The quantitative estimate of drug-likeness (QED) is 0.832. The molecule has 0 aromatic heterocycles. The molecule has 0 bridgehead atoms. The van der Waals surface area contributed by atoms with E-state index in [-0.39, 0.29) is 11.9 Å². The van der Waals surface area contributed by atoms with E-state index in [1.54, 1.807) is 12.1 Å². The topological polar surface area (TPSA) is 39.1 Å². The monoisotopic (exact) mass is 219 g/mol. The van der Waals surface area contributed by atoms with Gasteiger partial charge in [0.1, 0.15) is 11.9 Å². The van der Waals surface area contributed by atoms with Crippen molar-refractivity contribution in [2.24, 2.45) is 0 Å². The SMILES string of the molecule is CNC1CN(C(C#N)c2ccc(F)cc2)C1. The molecule has 1 heterocycles. The van der Waals surface area contributed by atoms with Gasteiger partial charge in [0.15, 0.2) is 0 Å². The lowest BCUT2D eigenvalue weighted by Crippen LogP contribution is -2.57. The third-order valence-corrected chi connectivity index (χ3v) is 2.99. The van der Waals surface area contributed by atoms with Gasteiger partial charge in [-0.05, 0) is 24.7 Å². The lowest BCUT2D eigenvalue weighted by Gasteiger charge is -2.41. The van der Waals surface area contributed by atoms with Gasteiger partial charge in [-0.15, -0.1) is 0 Å². The van der Waals surface area contributed by atoms with Crippen molar-refractivity contribution in [3.05, 3.63) is 35.6 Å². The van der Waals surface area contributed by atoms with Crippen molar-refractivity contribution in [1.29, 1.82) is 5.26 Å². The molecule has 84 valence electrons. The van der Waals surface area contributed by atoms with E-state index in [2.05, 4.69) is 16.3 Å². The molecule has 1 aliphatic heterocycles. The summed E-state index contributed by atoms with van der Waals surface area (Å²) in [5.74, 6) is -0.267. The van der Waals surface area contributed by atoms with Crippen LogP contribution in [0.1, 0.15) is 11.6 Å². The van der Waals surface area contributed by atoms with Gasteiger partial charge in [0.25, 0.3) is 0 Å². The third kappa shape index (κ3) is 2.06. The van der Waals surface area contributed by atoms with E-state index in [4.69, 9.17) is 5.26 Å². The molecule has 4 heteroatoms. The van der Waals surface area contributed by atoms with E-state index in [1.165, 1.54) is 12.1 Å². The Morgan fingerprint density at radius 3 is 2.56 bits per heavy atom. The second-order valence-corrected chi connectivity index (χ2v) is 4.02. The first-order chi connectivity index (χ1) is 7.74. The number of likely N-dealkylation sites (tertiary alicyclic amines) is 1. The predicted octanol–water partition coefficient (Wildman–Crippen LogP) is 1.29. The van der Waals surface area contributed by atoms with Gasteiger partial charge in [-0.1, -0.05) is 12.1 Å². The molecule has 0 aliphatic carbocycles. The maximum absolute atomic E-state index is 12.8. The molecular weight excluding hydrogens is 205 g/mol. The van der Waals surface area contributed by atoms with Gasteiger partial charge < -0.3 is 5.32 Å². The Labute approximate surface area is 94.5 Å². The fourth-order valence-electron chi connectivity index (χ4n) is 1.92. The second kappa shape index (κ2) is 4.60. The van der Waals surface area contributed by atoms with Gasteiger partial charge >= 0.3 is 0 Å². The molecule has 1 atom stereocenters. The normalized spacial score (nSPS) is 18.8. The molecule has 1 N–H and O–H groups in total. The van der Waals surface area contributed by atoms with Crippen LogP contribution in [0.4, 0.5) is 4.39 Å². The first-order valence-electron chi connectivity index (χ1n) is 5.31. The average Bonchev–Trinajstić information content (AvgIpc) is 2.24. The summed E-state index contributed by atoms with van der Waals surface area (Å²) in [6, 6.07) is 8.62. The molecule has 0 amide bonds. The van der Waals surface area contributed by atoms with E-state index in [9.17, 15) is 4.39 Å². The molecule has 0 saturated carbocycles. The summed E-state index contributed by atoms with van der Waals surface area (Å²) in [5, 5.41) is 12.3. The number of hydrogen-bond acceptors (Lipinski definition) is 3. The van der Waals surface area contributed by atoms with E-state index >= 15 is 0 Å². The summed E-state index contributed by atoms with van der Waals surface area (Å²) in [6.07, 6.45) is 0. The maximum Gasteiger partial charge on any atom is 0.123 e. The second-order valence-electron chi connectivity index (χ2n) is 4.02. The maximum atomic E-state index is 12.8. The summed E-state index contributed by atoms with van der Waals surface area (Å²) in [4.78, 5) is 2.08. The van der Waals surface area contributed by atoms with E-state index in [1.807, 2.05) is 7.05 Å². The number of hydrogen-bond donors (Lipinski definition) is 1. The molecule has 1 aliphatic rings. The highest BCUT2D eigenvalue weighted by Crippen LogP contribution is 2.25. The molecular formula is C12H14FN3. The molecule has 2 rings (SSSR count). The smallest absolute Gasteiger partial charge is 0.123 e. The zero-order chi connectivity index (χ0) is 11.5. The van der Waals surface area contributed by atoms with Gasteiger partial charge in [0, 0.05) is 19.1 Å². The summed E-state index contributed by atoms with van der Waals surface area (Å²) in [5.41, 5.74) is 0.860. The Hall–Kier alpha value is -1.44. The minimum atomic E-state index is -0.267. The molecule has 3 nitrogen and oxygen atoms in total. The van der Waals surface area contributed by atoms with Crippen LogP contribution in [-0.2, 0) is 0 Å². The van der Waals surface area contributed by atoms with Crippen LogP contribution in [0.25, 0.3) is 0 Å². The third-order valence-electron chi connectivity index (χ3n) is 2.99. The highest BCUT2D eigenvalue weighted by Gasteiger charge is 2.32. The molecule has 16 heavy (non-hydrogen) atoms. The number of nitriles is 1. The number of nitrogens with zero attached hydrogens (tertiary/aromatic N) is 2. The van der Waals surface area contributed by atoms with Crippen molar-refractivity contribution in [2.45, 2.75) is 12.1 Å².